The molecule has 9 heteroatoms. The van der Waals surface area contributed by atoms with Crippen LogP contribution < -0.4 is 4.90 Å². The first kappa shape index (κ1) is 17.8. The molecule has 3 aromatic rings. The highest BCUT2D eigenvalue weighted by Crippen LogP contribution is 2.37. The lowest BCUT2D eigenvalue weighted by Gasteiger charge is -2.17. The van der Waals surface area contributed by atoms with Gasteiger partial charge >= 0.3 is 6.18 Å². The maximum atomic E-state index is 13.9. The first-order valence-electron chi connectivity index (χ1n) is 7.94. The Balaban J connectivity index is 1.78. The van der Waals surface area contributed by atoms with Crippen LogP contribution in [0.3, 0.4) is 0 Å². The molecule has 0 spiro atoms. The van der Waals surface area contributed by atoms with E-state index in [9.17, 15) is 26.7 Å². The number of hydrogen-bond donors (Lipinski definition) is 0. The molecule has 0 radical (unpaired) electrons. The molecule has 0 unspecified atom stereocenters. The molecule has 1 aromatic carbocycles. The van der Waals surface area contributed by atoms with E-state index in [0.29, 0.717) is 10.9 Å². The minimum atomic E-state index is -4.58. The van der Waals surface area contributed by atoms with Gasteiger partial charge in [0.2, 0.25) is 0 Å². The number of thiophene rings is 1. The number of aryl methyl sites for hydroxylation is 1. The third-order valence-electron chi connectivity index (χ3n) is 4.55. The van der Waals surface area contributed by atoms with Crippen molar-refractivity contribution >= 4 is 33.1 Å². The summed E-state index contributed by atoms with van der Waals surface area (Å²) in [4.78, 5) is 18.1. The van der Waals surface area contributed by atoms with E-state index in [4.69, 9.17) is 0 Å². The minimum absolute atomic E-state index is 0.0931. The van der Waals surface area contributed by atoms with E-state index in [-0.39, 0.29) is 33.9 Å². The number of carbonyl (C=O) groups is 1. The zero-order valence-electron chi connectivity index (χ0n) is 13.8. The number of benzene rings is 1. The smallest absolute Gasteiger partial charge is 0.307 e. The molecule has 0 fully saturated rings. The van der Waals surface area contributed by atoms with Crippen LogP contribution >= 0.6 is 11.3 Å². The number of fused-ring (bicyclic) bond motifs is 2. The Kier molecular flexibility index (Phi) is 3.95. The first-order valence-corrected chi connectivity index (χ1v) is 8.75. The normalized spacial score (nSPS) is 14.1. The van der Waals surface area contributed by atoms with Crippen molar-refractivity contribution in [2.75, 3.05) is 11.4 Å². The molecular formula is C18H11F5N2OS. The second kappa shape index (κ2) is 5.98. The number of carbonyl (C=O) groups excluding carboxylic acids is 1. The number of alkyl halides is 3. The molecule has 1 aliphatic rings. The first-order chi connectivity index (χ1) is 12.7. The molecule has 27 heavy (non-hydrogen) atoms. The molecule has 0 aliphatic carbocycles. The van der Waals surface area contributed by atoms with Crippen LogP contribution in [0.2, 0.25) is 0 Å². The van der Waals surface area contributed by atoms with Crippen molar-refractivity contribution in [3.63, 3.8) is 0 Å². The number of rotatable bonds is 1. The summed E-state index contributed by atoms with van der Waals surface area (Å²) in [7, 11) is 0. The molecule has 0 saturated heterocycles. The van der Waals surface area contributed by atoms with Crippen LogP contribution in [-0.4, -0.2) is 17.4 Å². The number of amides is 1. The van der Waals surface area contributed by atoms with E-state index >= 15 is 0 Å². The van der Waals surface area contributed by atoms with Gasteiger partial charge in [0.25, 0.3) is 5.91 Å². The maximum Gasteiger partial charge on any atom is 0.433 e. The fourth-order valence-corrected chi connectivity index (χ4v) is 4.35. The van der Waals surface area contributed by atoms with E-state index in [1.807, 2.05) is 0 Å². The number of nitrogens with zero attached hydrogens (tertiary/aromatic N) is 2. The largest absolute Gasteiger partial charge is 0.433 e. The van der Waals surface area contributed by atoms with Crippen LogP contribution in [0.25, 0.3) is 10.2 Å². The van der Waals surface area contributed by atoms with Gasteiger partial charge < -0.3 is 4.90 Å². The van der Waals surface area contributed by atoms with Crippen molar-refractivity contribution < 1.29 is 26.7 Å². The summed E-state index contributed by atoms with van der Waals surface area (Å²) in [6.07, 6.45) is -4.34. The number of hydrogen-bond acceptors (Lipinski definition) is 3. The van der Waals surface area contributed by atoms with Crippen molar-refractivity contribution in [1.82, 2.24) is 4.98 Å². The van der Waals surface area contributed by atoms with Crippen molar-refractivity contribution in [3.8, 4) is 0 Å². The summed E-state index contributed by atoms with van der Waals surface area (Å²) >= 11 is 0.842. The summed E-state index contributed by atoms with van der Waals surface area (Å²) in [5.74, 6) is -2.02. The number of pyridine rings is 1. The van der Waals surface area contributed by atoms with Gasteiger partial charge in [0, 0.05) is 23.6 Å². The van der Waals surface area contributed by atoms with Crippen molar-refractivity contribution in [2.45, 2.75) is 19.5 Å². The van der Waals surface area contributed by atoms with Gasteiger partial charge in [0.15, 0.2) is 0 Å². The molecule has 1 aliphatic heterocycles. The van der Waals surface area contributed by atoms with Gasteiger partial charge in [0.1, 0.15) is 22.2 Å². The lowest BCUT2D eigenvalue weighted by Crippen LogP contribution is -2.28. The summed E-state index contributed by atoms with van der Waals surface area (Å²) in [5, 5.41) is 0.446. The van der Waals surface area contributed by atoms with Crippen LogP contribution in [-0.2, 0) is 12.6 Å². The van der Waals surface area contributed by atoms with Gasteiger partial charge in [0.05, 0.1) is 10.6 Å². The predicted octanol–water partition coefficient (Wildman–Crippen LogP) is 5.10. The lowest BCUT2D eigenvalue weighted by atomic mass is 10.1. The molecule has 2 aromatic heterocycles. The molecule has 0 saturated carbocycles. The van der Waals surface area contributed by atoms with Crippen LogP contribution in [0.4, 0.5) is 27.6 Å². The Labute approximate surface area is 154 Å². The monoisotopic (exact) mass is 398 g/mol. The molecule has 3 nitrogen and oxygen atoms in total. The summed E-state index contributed by atoms with van der Waals surface area (Å²) in [6.45, 7) is 1.79. The van der Waals surface area contributed by atoms with Crippen molar-refractivity contribution in [2.24, 2.45) is 0 Å². The van der Waals surface area contributed by atoms with Crippen LogP contribution in [0.1, 0.15) is 26.5 Å². The fourth-order valence-electron chi connectivity index (χ4n) is 3.22. The van der Waals surface area contributed by atoms with Crippen LogP contribution in [0.5, 0.6) is 0 Å². The van der Waals surface area contributed by atoms with Gasteiger partial charge in [-0.1, -0.05) is 0 Å². The molecular weight excluding hydrogens is 387 g/mol. The van der Waals surface area contributed by atoms with Gasteiger partial charge in [-0.25, -0.2) is 13.8 Å². The average molecular weight is 398 g/mol. The second-order valence-electron chi connectivity index (χ2n) is 6.20. The van der Waals surface area contributed by atoms with Gasteiger partial charge in [-0.3, -0.25) is 4.79 Å². The molecule has 0 atom stereocenters. The van der Waals surface area contributed by atoms with E-state index in [0.717, 1.165) is 29.5 Å². The van der Waals surface area contributed by atoms with E-state index in [2.05, 4.69) is 4.98 Å². The van der Waals surface area contributed by atoms with Gasteiger partial charge in [-0.2, -0.15) is 13.2 Å². The second-order valence-corrected chi connectivity index (χ2v) is 7.19. The highest BCUT2D eigenvalue weighted by Gasteiger charge is 2.34. The average Bonchev–Trinajstić information content (AvgIpc) is 3.15. The highest BCUT2D eigenvalue weighted by atomic mass is 32.1. The Morgan fingerprint density at radius 3 is 2.67 bits per heavy atom. The molecule has 1 amide bonds. The van der Waals surface area contributed by atoms with E-state index < -0.39 is 29.4 Å². The number of aromatic nitrogens is 1. The topological polar surface area (TPSA) is 33.2 Å². The molecule has 140 valence electrons. The van der Waals surface area contributed by atoms with Crippen LogP contribution in [0.15, 0.2) is 24.3 Å². The summed E-state index contributed by atoms with van der Waals surface area (Å²) in [5.41, 5.74) is -0.142. The number of anilines is 1. The van der Waals surface area contributed by atoms with Crippen LogP contribution in [0, 0.1) is 18.6 Å². The Morgan fingerprint density at radius 2 is 1.96 bits per heavy atom. The fraction of sp³-hybridized carbons (Fsp3) is 0.222. The summed E-state index contributed by atoms with van der Waals surface area (Å²) in [6, 6.07) is 4.00. The van der Waals surface area contributed by atoms with Crippen molar-refractivity contribution in [1.29, 1.82) is 0 Å². The third kappa shape index (κ3) is 2.86. The van der Waals surface area contributed by atoms with Gasteiger partial charge in [-0.05, 0) is 37.1 Å². The quantitative estimate of drug-likeness (QED) is 0.534. The molecule has 0 N–H and O–H groups in total. The number of halogens is 5. The van der Waals surface area contributed by atoms with Crippen molar-refractivity contribution in [3.05, 3.63) is 57.6 Å². The molecule has 4 rings (SSSR count). The summed E-state index contributed by atoms with van der Waals surface area (Å²) < 4.78 is 66.1. The molecule has 0 bridgehead atoms. The van der Waals surface area contributed by atoms with Gasteiger partial charge in [-0.15, -0.1) is 11.3 Å². The Hall–Kier alpha value is -2.55. The maximum absolute atomic E-state index is 13.9. The lowest BCUT2D eigenvalue weighted by molar-refractivity contribution is -0.140. The minimum Gasteiger partial charge on any atom is -0.307 e. The standard InChI is InChI=1S/C18H11F5N2OS/c1-8-10-2-3-14(18(21,22)23)24-16(10)27-15(8)17(26)25-5-4-11-12(20)6-9(19)7-13(11)25/h2-3,6-7H,4-5H2,1H3. The van der Waals surface area contributed by atoms with E-state index in [1.54, 1.807) is 6.92 Å². The predicted molar refractivity (Wildman–Crippen MR) is 91.1 cm³/mol. The Bertz CT molecular complexity index is 1090. The Morgan fingerprint density at radius 1 is 1.22 bits per heavy atom. The third-order valence-corrected chi connectivity index (χ3v) is 5.74. The zero-order valence-corrected chi connectivity index (χ0v) is 14.6. The van der Waals surface area contributed by atoms with E-state index in [1.165, 1.54) is 11.0 Å². The SMILES string of the molecule is Cc1c(C(=O)N2CCc3c(F)cc(F)cc32)sc2nc(C(F)(F)F)ccc12. The molecule has 3 heterocycles. The zero-order chi connectivity index (χ0) is 19.5. The highest BCUT2D eigenvalue weighted by molar-refractivity contribution is 7.20.